The van der Waals surface area contributed by atoms with Gasteiger partial charge in [-0.25, -0.2) is 9.97 Å². The summed E-state index contributed by atoms with van der Waals surface area (Å²) in [5, 5.41) is 10.7. The standard InChI is InChI=1S/C21H23ClN6S/c1-23-21(25-12-17-14-29-20(26-17)15-6-3-2-4-7-15)27-16-9-11-28(13-16)19-18(22)8-5-10-24-19/h2-8,10,14,16H,9,11-13H2,1H3,(H2,23,25,27). The van der Waals surface area contributed by atoms with Crippen LogP contribution < -0.4 is 15.5 Å². The van der Waals surface area contributed by atoms with Gasteiger partial charge in [0.1, 0.15) is 10.8 Å². The van der Waals surface area contributed by atoms with Crippen LogP contribution in [0.15, 0.2) is 59.0 Å². The first kappa shape index (κ1) is 19.7. The molecule has 1 aliphatic heterocycles. The molecule has 0 radical (unpaired) electrons. The summed E-state index contributed by atoms with van der Waals surface area (Å²) in [7, 11) is 1.79. The predicted octanol–water partition coefficient (Wildman–Crippen LogP) is 3.80. The number of hydrogen-bond acceptors (Lipinski definition) is 5. The summed E-state index contributed by atoms with van der Waals surface area (Å²) in [6, 6.07) is 14.3. The van der Waals surface area contributed by atoms with Crippen molar-refractivity contribution in [3.63, 3.8) is 0 Å². The van der Waals surface area contributed by atoms with Gasteiger partial charge in [-0.05, 0) is 18.6 Å². The number of halogens is 1. The Morgan fingerprint density at radius 3 is 2.93 bits per heavy atom. The third kappa shape index (κ3) is 4.86. The van der Waals surface area contributed by atoms with Gasteiger partial charge in [-0.3, -0.25) is 4.99 Å². The highest BCUT2D eigenvalue weighted by atomic mass is 35.5. The second kappa shape index (κ2) is 9.24. The summed E-state index contributed by atoms with van der Waals surface area (Å²) in [5.41, 5.74) is 2.15. The first-order valence-electron chi connectivity index (χ1n) is 9.55. The normalized spacial score (nSPS) is 16.8. The third-order valence-electron chi connectivity index (χ3n) is 4.80. The average Bonchev–Trinajstić information content (AvgIpc) is 3.42. The van der Waals surface area contributed by atoms with E-state index >= 15 is 0 Å². The molecule has 0 saturated carbocycles. The lowest BCUT2D eigenvalue weighted by atomic mass is 10.2. The van der Waals surface area contributed by atoms with Crippen molar-refractivity contribution in [1.82, 2.24) is 20.6 Å². The average molecular weight is 427 g/mol. The van der Waals surface area contributed by atoms with Gasteiger partial charge in [-0.2, -0.15) is 0 Å². The number of aliphatic imine (C=N–C) groups is 1. The van der Waals surface area contributed by atoms with Crippen molar-refractivity contribution >= 4 is 34.7 Å². The lowest BCUT2D eigenvalue weighted by Gasteiger charge is -2.20. The van der Waals surface area contributed by atoms with Crippen molar-refractivity contribution < 1.29 is 0 Å². The van der Waals surface area contributed by atoms with Crippen LogP contribution >= 0.6 is 22.9 Å². The van der Waals surface area contributed by atoms with E-state index in [9.17, 15) is 0 Å². The molecule has 29 heavy (non-hydrogen) atoms. The van der Waals surface area contributed by atoms with Crippen LogP contribution in [0.1, 0.15) is 12.1 Å². The van der Waals surface area contributed by atoms with E-state index in [0.717, 1.165) is 47.6 Å². The summed E-state index contributed by atoms with van der Waals surface area (Å²) in [4.78, 5) is 15.7. The Hall–Kier alpha value is -2.64. The molecule has 0 spiro atoms. The van der Waals surface area contributed by atoms with Gasteiger partial charge in [0.05, 0.1) is 17.3 Å². The number of aromatic nitrogens is 2. The van der Waals surface area contributed by atoms with Crippen LogP contribution in [0.2, 0.25) is 5.02 Å². The number of benzene rings is 1. The largest absolute Gasteiger partial charge is 0.353 e. The molecule has 2 aromatic heterocycles. The highest BCUT2D eigenvalue weighted by molar-refractivity contribution is 7.13. The molecule has 2 N–H and O–H groups in total. The van der Waals surface area contributed by atoms with Crippen LogP contribution in [0.3, 0.4) is 0 Å². The van der Waals surface area contributed by atoms with Crippen molar-refractivity contribution in [2.24, 2.45) is 4.99 Å². The van der Waals surface area contributed by atoms with E-state index in [1.807, 2.05) is 30.3 Å². The molecular weight excluding hydrogens is 404 g/mol. The van der Waals surface area contributed by atoms with Gasteiger partial charge in [0.25, 0.3) is 0 Å². The number of pyridine rings is 1. The minimum Gasteiger partial charge on any atom is -0.353 e. The third-order valence-corrected chi connectivity index (χ3v) is 6.04. The predicted molar refractivity (Wildman–Crippen MR) is 121 cm³/mol. The van der Waals surface area contributed by atoms with Crippen LogP contribution in [0.25, 0.3) is 10.6 Å². The van der Waals surface area contributed by atoms with Gasteiger partial charge >= 0.3 is 0 Å². The molecule has 1 aromatic carbocycles. The number of anilines is 1. The molecule has 0 amide bonds. The minimum atomic E-state index is 0.287. The Kier molecular flexibility index (Phi) is 6.27. The maximum Gasteiger partial charge on any atom is 0.191 e. The monoisotopic (exact) mass is 426 g/mol. The molecule has 1 aliphatic rings. The summed E-state index contributed by atoms with van der Waals surface area (Å²) in [6.07, 6.45) is 2.78. The zero-order valence-corrected chi connectivity index (χ0v) is 17.7. The molecule has 3 aromatic rings. The van der Waals surface area contributed by atoms with Crippen molar-refractivity contribution in [3.8, 4) is 10.6 Å². The van der Waals surface area contributed by atoms with Gasteiger partial charge in [0.2, 0.25) is 0 Å². The summed E-state index contributed by atoms with van der Waals surface area (Å²) in [6.45, 7) is 2.38. The van der Waals surface area contributed by atoms with Crippen LogP contribution in [-0.2, 0) is 6.54 Å². The second-order valence-electron chi connectivity index (χ2n) is 6.82. The van der Waals surface area contributed by atoms with Crippen LogP contribution in [0, 0.1) is 0 Å². The molecule has 1 saturated heterocycles. The molecule has 1 atom stereocenters. The first-order chi connectivity index (χ1) is 14.2. The van der Waals surface area contributed by atoms with E-state index in [2.05, 4.69) is 43.0 Å². The molecular formula is C21H23ClN6S. The molecule has 0 aliphatic carbocycles. The molecule has 1 fully saturated rings. The van der Waals surface area contributed by atoms with Crippen LogP contribution in [0.5, 0.6) is 0 Å². The molecule has 4 rings (SSSR count). The molecule has 3 heterocycles. The number of guanidine groups is 1. The fourth-order valence-electron chi connectivity index (χ4n) is 3.34. The lowest BCUT2D eigenvalue weighted by Crippen LogP contribution is -2.44. The number of rotatable bonds is 5. The molecule has 8 heteroatoms. The van der Waals surface area contributed by atoms with Gasteiger partial charge in [-0.15, -0.1) is 11.3 Å². The number of nitrogens with zero attached hydrogens (tertiary/aromatic N) is 4. The maximum atomic E-state index is 6.28. The quantitative estimate of drug-likeness (QED) is 0.480. The molecule has 150 valence electrons. The molecule has 6 nitrogen and oxygen atoms in total. The highest BCUT2D eigenvalue weighted by Gasteiger charge is 2.25. The van der Waals surface area contributed by atoms with Crippen LogP contribution in [-0.4, -0.2) is 42.1 Å². The van der Waals surface area contributed by atoms with Crippen molar-refractivity contribution in [2.45, 2.75) is 19.0 Å². The fraction of sp³-hybridized carbons (Fsp3) is 0.286. The zero-order valence-electron chi connectivity index (χ0n) is 16.2. The Morgan fingerprint density at radius 1 is 1.28 bits per heavy atom. The zero-order chi connectivity index (χ0) is 20.1. The van der Waals surface area contributed by atoms with E-state index in [1.165, 1.54) is 0 Å². The van der Waals surface area contributed by atoms with Gasteiger partial charge in [0, 0.05) is 43.3 Å². The smallest absolute Gasteiger partial charge is 0.191 e. The first-order valence-corrected chi connectivity index (χ1v) is 10.8. The summed E-state index contributed by atoms with van der Waals surface area (Å²) in [5.74, 6) is 1.62. The maximum absolute atomic E-state index is 6.28. The topological polar surface area (TPSA) is 65.4 Å². The van der Waals surface area contributed by atoms with E-state index in [1.54, 1.807) is 24.6 Å². The van der Waals surface area contributed by atoms with Crippen molar-refractivity contribution in [2.75, 3.05) is 25.0 Å². The lowest BCUT2D eigenvalue weighted by molar-refractivity contribution is 0.647. The number of hydrogen-bond donors (Lipinski definition) is 2. The van der Waals surface area contributed by atoms with E-state index < -0.39 is 0 Å². The van der Waals surface area contributed by atoms with E-state index in [-0.39, 0.29) is 6.04 Å². The summed E-state index contributed by atoms with van der Waals surface area (Å²) < 4.78 is 0. The van der Waals surface area contributed by atoms with Gasteiger partial charge in [-0.1, -0.05) is 41.9 Å². The molecule has 0 bridgehead atoms. The van der Waals surface area contributed by atoms with Crippen LogP contribution in [0.4, 0.5) is 5.82 Å². The highest BCUT2D eigenvalue weighted by Crippen LogP contribution is 2.26. The Morgan fingerprint density at radius 2 is 2.14 bits per heavy atom. The Labute approximate surface area is 179 Å². The van der Waals surface area contributed by atoms with Crippen molar-refractivity contribution in [3.05, 3.63) is 64.8 Å². The SMILES string of the molecule is CN=C(NCc1csc(-c2ccccc2)n1)NC1CCN(c2ncccc2Cl)C1. The molecule has 1 unspecified atom stereocenters. The number of thiazole rings is 1. The van der Waals surface area contributed by atoms with Gasteiger partial charge in [0.15, 0.2) is 5.96 Å². The fourth-order valence-corrected chi connectivity index (χ4v) is 4.41. The Bertz CT molecular complexity index is 974. The second-order valence-corrected chi connectivity index (χ2v) is 8.09. The number of nitrogens with one attached hydrogen (secondary N) is 2. The van der Waals surface area contributed by atoms with E-state index in [4.69, 9.17) is 16.6 Å². The van der Waals surface area contributed by atoms with E-state index in [0.29, 0.717) is 11.6 Å². The Balaban J connectivity index is 1.31. The minimum absolute atomic E-state index is 0.287. The van der Waals surface area contributed by atoms with Crippen molar-refractivity contribution in [1.29, 1.82) is 0 Å². The summed E-state index contributed by atoms with van der Waals surface area (Å²) >= 11 is 7.94. The van der Waals surface area contributed by atoms with Gasteiger partial charge < -0.3 is 15.5 Å².